The summed E-state index contributed by atoms with van der Waals surface area (Å²) in [4.78, 5) is 46.7. The molecule has 2 aromatic heterocycles. The van der Waals surface area contributed by atoms with Crippen LogP contribution in [0.1, 0.15) is 120 Å². The molecule has 6 unspecified atom stereocenters. The highest BCUT2D eigenvalue weighted by Crippen LogP contribution is 2.40. The summed E-state index contributed by atoms with van der Waals surface area (Å²) >= 11 is 0. The Morgan fingerprint density at radius 1 is 0.831 bits per heavy atom. The summed E-state index contributed by atoms with van der Waals surface area (Å²) in [7, 11) is -0.610. The summed E-state index contributed by atoms with van der Waals surface area (Å²) in [6.07, 6.45) is 15.8. The van der Waals surface area contributed by atoms with E-state index < -0.39 is 7.55 Å². The third kappa shape index (κ3) is 9.09. The van der Waals surface area contributed by atoms with Crippen molar-refractivity contribution < 1.29 is 9.59 Å². The van der Waals surface area contributed by atoms with E-state index in [9.17, 15) is 9.59 Å². The third-order valence-electron chi connectivity index (χ3n) is 13.2. The van der Waals surface area contributed by atoms with Crippen LogP contribution in [0.25, 0.3) is 44.3 Å². The van der Waals surface area contributed by atoms with Gasteiger partial charge < -0.3 is 20.2 Å². The fraction of sp³-hybridized carbons (Fsp3) is 0.420. The minimum Gasteiger partial charge on any atom is -0.346 e. The van der Waals surface area contributed by atoms with Crippen LogP contribution in [0.4, 0.5) is 0 Å². The molecule has 1 aliphatic heterocycles. The summed E-state index contributed by atoms with van der Waals surface area (Å²) in [6.45, 7) is 9.13. The monoisotopic (exact) mass is 807 g/mol. The molecule has 0 spiro atoms. The highest BCUT2D eigenvalue weighted by atomic mass is 31.1. The molecule has 1 aliphatic carbocycles. The lowest BCUT2D eigenvalue weighted by Gasteiger charge is -2.27. The number of nitrogens with one attached hydrogen (secondary N) is 3. The number of unbranched alkanes of at least 4 members (excludes halogenated alkanes) is 1. The predicted molar refractivity (Wildman–Crippen MR) is 245 cm³/mol. The molecule has 9 heteroatoms. The number of likely N-dealkylation sites (tertiary alicyclic amines) is 1. The Hall–Kier alpha value is -5.07. The minimum absolute atomic E-state index is 0.0311. The van der Waals surface area contributed by atoms with Gasteiger partial charge in [-0.05, 0) is 97.0 Å². The van der Waals surface area contributed by atoms with E-state index in [1.807, 2.05) is 44.2 Å². The predicted octanol–water partition coefficient (Wildman–Crippen LogP) is 11.7. The molecule has 2 fully saturated rings. The van der Waals surface area contributed by atoms with Gasteiger partial charge in [0.15, 0.2) is 5.66 Å². The highest BCUT2D eigenvalue weighted by Gasteiger charge is 2.41. The van der Waals surface area contributed by atoms with Crippen LogP contribution in [0.3, 0.4) is 0 Å². The van der Waals surface area contributed by atoms with Crippen LogP contribution in [0.15, 0.2) is 91.0 Å². The summed E-state index contributed by atoms with van der Waals surface area (Å²) in [6, 6.07) is 31.3. The van der Waals surface area contributed by atoms with Crippen molar-refractivity contribution in [1.29, 1.82) is 0 Å². The van der Waals surface area contributed by atoms with Crippen LogP contribution in [0, 0.1) is 11.8 Å². The molecule has 0 bridgehead atoms. The molecule has 2 aliphatic rings. The minimum atomic E-state index is -0.610. The molecular formula is C50H60N6O2P+. The van der Waals surface area contributed by atoms with Crippen molar-refractivity contribution >= 4 is 47.7 Å². The number of hydrogen-bond acceptors (Lipinski definition) is 4. The first-order chi connectivity index (χ1) is 28.6. The number of benzene rings is 4. The van der Waals surface area contributed by atoms with Gasteiger partial charge in [0.05, 0.1) is 60.6 Å². The molecule has 8 nitrogen and oxygen atoms in total. The number of rotatable bonds is 14. The lowest BCUT2D eigenvalue weighted by atomic mass is 9.84. The van der Waals surface area contributed by atoms with Crippen molar-refractivity contribution in [3.8, 4) is 22.3 Å². The normalized spacial score (nSPS) is 19.2. The number of H-pyrrole nitrogens is 2. The van der Waals surface area contributed by atoms with Crippen LogP contribution in [0.2, 0.25) is 0 Å². The molecule has 0 radical (unpaired) electrons. The molecule has 59 heavy (non-hydrogen) atoms. The second-order valence-corrected chi connectivity index (χ2v) is 19.7. The maximum atomic E-state index is 13.7. The Balaban J connectivity index is 1.00. The molecule has 1 saturated heterocycles. The van der Waals surface area contributed by atoms with Gasteiger partial charge in [-0.15, -0.1) is 0 Å². The highest BCUT2D eigenvalue weighted by molar-refractivity contribution is 7.56. The maximum Gasteiger partial charge on any atom is 0.270 e. The van der Waals surface area contributed by atoms with Gasteiger partial charge in [-0.3, -0.25) is 9.59 Å². The van der Waals surface area contributed by atoms with Crippen LogP contribution >= 0.6 is 7.55 Å². The van der Waals surface area contributed by atoms with Crippen molar-refractivity contribution in [2.45, 2.75) is 109 Å². The van der Waals surface area contributed by atoms with Crippen molar-refractivity contribution in [2.75, 3.05) is 13.2 Å². The molecule has 2 amide bonds. The molecule has 1 saturated carbocycles. The fourth-order valence-corrected chi connectivity index (χ4v) is 9.86. The van der Waals surface area contributed by atoms with E-state index in [1.54, 1.807) is 0 Å². The smallest absolute Gasteiger partial charge is 0.270 e. The van der Waals surface area contributed by atoms with Crippen LogP contribution in [0.5, 0.6) is 0 Å². The van der Waals surface area contributed by atoms with Crippen molar-refractivity contribution in [2.24, 2.45) is 11.8 Å². The van der Waals surface area contributed by atoms with Gasteiger partial charge in [0.1, 0.15) is 11.6 Å². The molecule has 306 valence electrons. The fourth-order valence-electron chi connectivity index (χ4n) is 9.34. The molecule has 8 rings (SSSR count). The maximum absolute atomic E-state index is 13.7. The summed E-state index contributed by atoms with van der Waals surface area (Å²) in [5, 5.41) is 3.40. The number of amides is 2. The molecule has 4 aromatic carbocycles. The number of aromatic nitrogens is 4. The van der Waals surface area contributed by atoms with Gasteiger partial charge in [-0.25, -0.2) is 9.97 Å². The number of carbonyl (C=O) groups is 2. The third-order valence-corrected chi connectivity index (χ3v) is 14.7. The number of fused-ring (bicyclic) bond motifs is 2. The Morgan fingerprint density at radius 2 is 1.46 bits per heavy atom. The average Bonchev–Trinajstić information content (AvgIpc) is 4.02. The van der Waals surface area contributed by atoms with Gasteiger partial charge >= 0.3 is 0 Å². The summed E-state index contributed by atoms with van der Waals surface area (Å²) in [5.74, 6) is 2.78. The van der Waals surface area contributed by atoms with Crippen LogP contribution in [-0.4, -0.2) is 61.8 Å². The lowest BCUT2D eigenvalue weighted by molar-refractivity contribution is -0.131. The van der Waals surface area contributed by atoms with E-state index in [-0.39, 0.29) is 35.5 Å². The van der Waals surface area contributed by atoms with Crippen molar-refractivity contribution in [3.05, 3.63) is 108 Å². The molecule has 3 heterocycles. The average molecular weight is 808 g/mol. The van der Waals surface area contributed by atoms with E-state index in [4.69, 9.17) is 9.97 Å². The lowest BCUT2D eigenvalue weighted by Crippen LogP contribution is -2.37. The SMILES string of the molecule is C=[P+](C)C(C)C(=O)N1CC(CCCC)CC1c1nc2ccc(-c3ccc(-c4ccc5nc(C(CC6CCCCC6)NC(=O)C(C)c6ccccc6)[nH]c5c4)cc3)cc2[nH]1. The molecule has 6 aromatic rings. The standard InChI is InChI=1S/C50H59N6O2P/c1-6-7-14-35-28-46(56(31-35)50(58)33(3)59(4)5)48-52-42-26-24-40(30-44(42)54-48)38-21-19-37(20-22-38)39-23-25-41-43(29-39)53-47(51-41)45(27-34-15-10-8-11-16-34)55-49(57)32(2)36-17-12-9-13-18-36/h9,12-13,17-26,29-30,32-35,45-46H,4,6-8,10-11,14-16,27-28,31H2,1-3,5H3,(H2-,51,52,53,54,55,57)/p+1. The second-order valence-electron chi connectivity index (χ2n) is 17.4. The largest absolute Gasteiger partial charge is 0.346 e. The number of aromatic amines is 2. The Bertz CT molecular complexity index is 2410. The Labute approximate surface area is 350 Å². The first-order valence-corrected chi connectivity index (χ1v) is 24.0. The number of hydrogen-bond donors (Lipinski definition) is 3. The van der Waals surface area contributed by atoms with Crippen LogP contribution in [-0.2, 0) is 9.59 Å². The Kier molecular flexibility index (Phi) is 12.4. The van der Waals surface area contributed by atoms with Gasteiger partial charge in [-0.1, -0.05) is 119 Å². The summed E-state index contributed by atoms with van der Waals surface area (Å²) < 4.78 is 0. The van der Waals surface area contributed by atoms with Gasteiger partial charge in [-0.2, -0.15) is 0 Å². The number of imidazole rings is 2. The van der Waals surface area contributed by atoms with E-state index in [1.165, 1.54) is 38.5 Å². The zero-order valence-electron chi connectivity index (χ0n) is 35.2. The zero-order chi connectivity index (χ0) is 41.0. The van der Waals surface area contributed by atoms with E-state index >= 15 is 0 Å². The van der Waals surface area contributed by atoms with Crippen molar-refractivity contribution in [1.82, 2.24) is 30.2 Å². The van der Waals surface area contributed by atoms with Crippen LogP contribution < -0.4 is 5.32 Å². The second kappa shape index (κ2) is 18.0. The molecular weight excluding hydrogens is 748 g/mol. The zero-order valence-corrected chi connectivity index (χ0v) is 36.1. The van der Waals surface area contributed by atoms with E-state index in [0.29, 0.717) is 11.8 Å². The summed E-state index contributed by atoms with van der Waals surface area (Å²) in [5.41, 5.74) is 9.21. The van der Waals surface area contributed by atoms with Gasteiger partial charge in [0, 0.05) is 6.54 Å². The van der Waals surface area contributed by atoms with Gasteiger partial charge in [0.25, 0.3) is 5.91 Å². The van der Waals surface area contributed by atoms with E-state index in [2.05, 4.69) is 101 Å². The first-order valence-electron chi connectivity index (χ1n) is 21.9. The first kappa shape index (κ1) is 40.7. The van der Waals surface area contributed by atoms with Gasteiger partial charge in [0.2, 0.25) is 5.91 Å². The number of nitrogens with zero attached hydrogens (tertiary/aromatic N) is 3. The van der Waals surface area contributed by atoms with E-state index in [0.717, 1.165) is 93.8 Å². The Morgan fingerprint density at radius 3 is 2.10 bits per heavy atom. The number of carbonyl (C=O) groups excluding carboxylic acids is 2. The quantitative estimate of drug-likeness (QED) is 0.0953. The van der Waals surface area contributed by atoms with Crippen molar-refractivity contribution in [3.63, 3.8) is 0 Å². The molecule has 3 N–H and O–H groups in total. The molecule has 6 atom stereocenters. The topological polar surface area (TPSA) is 107 Å².